The van der Waals surface area contributed by atoms with Crippen molar-refractivity contribution in [2.75, 3.05) is 5.32 Å². The summed E-state index contributed by atoms with van der Waals surface area (Å²) in [6, 6.07) is 19.4. The summed E-state index contributed by atoms with van der Waals surface area (Å²) in [7, 11) is 0. The summed E-state index contributed by atoms with van der Waals surface area (Å²) in [5.74, 6) is -0.410. The van der Waals surface area contributed by atoms with Crippen molar-refractivity contribution < 1.29 is 4.39 Å². The maximum atomic E-state index is 13.9. The van der Waals surface area contributed by atoms with Gasteiger partial charge in [-0.2, -0.15) is 0 Å². The molecule has 1 unspecified atom stereocenters. The Balaban J connectivity index is 1.89. The lowest BCUT2D eigenvalue weighted by Gasteiger charge is -2.17. The van der Waals surface area contributed by atoms with E-state index in [-0.39, 0.29) is 11.1 Å². The number of benzene rings is 3. The highest BCUT2D eigenvalue weighted by Gasteiger charge is 2.11. The van der Waals surface area contributed by atoms with Crippen LogP contribution in [0.5, 0.6) is 0 Å². The van der Waals surface area contributed by atoms with E-state index in [1.54, 1.807) is 18.2 Å². The molecule has 0 heterocycles. The van der Waals surface area contributed by atoms with E-state index < -0.39 is 5.82 Å². The number of hydrogen-bond donors (Lipinski definition) is 1. The zero-order chi connectivity index (χ0) is 14.8. The minimum atomic E-state index is -0.410. The van der Waals surface area contributed by atoms with Crippen LogP contribution in [0.15, 0.2) is 60.7 Å². The van der Waals surface area contributed by atoms with Gasteiger partial charge in [0.15, 0.2) is 5.82 Å². The van der Waals surface area contributed by atoms with Crippen molar-refractivity contribution in [3.05, 3.63) is 77.1 Å². The van der Waals surface area contributed by atoms with Gasteiger partial charge in [-0.3, -0.25) is 0 Å². The van der Waals surface area contributed by atoms with E-state index in [1.165, 1.54) is 10.8 Å². The average Bonchev–Trinajstić information content (AvgIpc) is 2.51. The van der Waals surface area contributed by atoms with Crippen LogP contribution in [0.2, 0.25) is 5.02 Å². The van der Waals surface area contributed by atoms with Crippen molar-refractivity contribution in [3.63, 3.8) is 0 Å². The number of rotatable bonds is 3. The molecule has 0 aromatic heterocycles. The fraction of sp³-hybridized carbons (Fsp3) is 0.111. The maximum absolute atomic E-state index is 13.9. The highest BCUT2D eigenvalue weighted by Crippen LogP contribution is 2.27. The van der Waals surface area contributed by atoms with Gasteiger partial charge < -0.3 is 5.32 Å². The van der Waals surface area contributed by atoms with Crippen molar-refractivity contribution in [2.45, 2.75) is 13.0 Å². The Labute approximate surface area is 128 Å². The van der Waals surface area contributed by atoms with Gasteiger partial charge in [0, 0.05) is 6.04 Å². The molecule has 3 aromatic rings. The molecule has 106 valence electrons. The quantitative estimate of drug-likeness (QED) is 0.644. The SMILES string of the molecule is CC(Nc1cccc(Cl)c1F)c1ccc2ccccc2c1. The molecule has 0 aliphatic heterocycles. The number of hydrogen-bond acceptors (Lipinski definition) is 1. The Morgan fingerprint density at radius 3 is 2.52 bits per heavy atom. The largest absolute Gasteiger partial charge is 0.376 e. The van der Waals surface area contributed by atoms with Gasteiger partial charge in [0.2, 0.25) is 0 Å². The van der Waals surface area contributed by atoms with E-state index in [0.29, 0.717) is 5.69 Å². The predicted molar refractivity (Wildman–Crippen MR) is 87.4 cm³/mol. The van der Waals surface area contributed by atoms with Crippen LogP contribution in [-0.4, -0.2) is 0 Å². The monoisotopic (exact) mass is 299 g/mol. The van der Waals surface area contributed by atoms with Gasteiger partial charge in [0.1, 0.15) is 0 Å². The third-order valence-electron chi connectivity index (χ3n) is 3.60. The van der Waals surface area contributed by atoms with Crippen LogP contribution in [0.4, 0.5) is 10.1 Å². The Morgan fingerprint density at radius 1 is 0.952 bits per heavy atom. The van der Waals surface area contributed by atoms with Gasteiger partial charge in [-0.1, -0.05) is 54.1 Å². The summed E-state index contributed by atoms with van der Waals surface area (Å²) in [5, 5.41) is 5.68. The van der Waals surface area contributed by atoms with E-state index in [2.05, 4.69) is 35.6 Å². The van der Waals surface area contributed by atoms with Crippen molar-refractivity contribution in [1.29, 1.82) is 0 Å². The van der Waals surface area contributed by atoms with Gasteiger partial charge >= 0.3 is 0 Å². The zero-order valence-corrected chi connectivity index (χ0v) is 12.4. The second kappa shape index (κ2) is 5.74. The second-order valence-corrected chi connectivity index (χ2v) is 5.48. The molecule has 1 nitrogen and oxygen atoms in total. The fourth-order valence-electron chi connectivity index (χ4n) is 2.41. The fourth-order valence-corrected chi connectivity index (χ4v) is 2.58. The Kier molecular flexibility index (Phi) is 3.80. The van der Waals surface area contributed by atoms with Gasteiger partial charge in [0.05, 0.1) is 10.7 Å². The van der Waals surface area contributed by atoms with Crippen molar-refractivity contribution in [1.82, 2.24) is 0 Å². The molecule has 1 N–H and O–H groups in total. The Bertz CT molecular complexity index is 785. The van der Waals surface area contributed by atoms with Crippen LogP contribution in [0, 0.1) is 5.82 Å². The van der Waals surface area contributed by atoms with Gasteiger partial charge in [-0.15, -0.1) is 0 Å². The lowest BCUT2D eigenvalue weighted by Crippen LogP contribution is -2.08. The molecule has 0 bridgehead atoms. The summed E-state index contributed by atoms with van der Waals surface area (Å²) in [6.07, 6.45) is 0. The van der Waals surface area contributed by atoms with Crippen LogP contribution in [0.3, 0.4) is 0 Å². The lowest BCUT2D eigenvalue weighted by molar-refractivity contribution is 0.628. The first-order valence-corrected chi connectivity index (χ1v) is 7.22. The molecule has 3 aromatic carbocycles. The molecular weight excluding hydrogens is 285 g/mol. The number of nitrogens with one attached hydrogen (secondary N) is 1. The van der Waals surface area contributed by atoms with Crippen molar-refractivity contribution in [3.8, 4) is 0 Å². The highest BCUT2D eigenvalue weighted by molar-refractivity contribution is 6.31. The molecule has 0 amide bonds. The molecule has 0 spiro atoms. The van der Waals surface area contributed by atoms with E-state index >= 15 is 0 Å². The third-order valence-corrected chi connectivity index (χ3v) is 3.89. The van der Waals surface area contributed by atoms with Crippen LogP contribution < -0.4 is 5.32 Å². The average molecular weight is 300 g/mol. The molecule has 0 aliphatic carbocycles. The third kappa shape index (κ3) is 2.86. The normalized spacial score (nSPS) is 12.3. The molecule has 1 atom stereocenters. The van der Waals surface area contributed by atoms with Gasteiger partial charge in [0.25, 0.3) is 0 Å². The minimum Gasteiger partial charge on any atom is -0.376 e. The molecule has 3 heteroatoms. The molecule has 0 aliphatic rings. The summed E-state index contributed by atoms with van der Waals surface area (Å²) in [6.45, 7) is 2.00. The number of anilines is 1. The first-order chi connectivity index (χ1) is 10.1. The zero-order valence-electron chi connectivity index (χ0n) is 11.6. The molecule has 0 saturated carbocycles. The smallest absolute Gasteiger partial charge is 0.164 e. The molecule has 3 rings (SSSR count). The first-order valence-electron chi connectivity index (χ1n) is 6.84. The maximum Gasteiger partial charge on any atom is 0.164 e. The molecule has 21 heavy (non-hydrogen) atoms. The summed E-state index contributed by atoms with van der Waals surface area (Å²) in [4.78, 5) is 0. The first kappa shape index (κ1) is 13.9. The summed E-state index contributed by atoms with van der Waals surface area (Å²) in [5.41, 5.74) is 1.52. The Morgan fingerprint density at radius 2 is 1.71 bits per heavy atom. The van der Waals surface area contributed by atoms with E-state index in [1.807, 2.05) is 19.1 Å². The van der Waals surface area contributed by atoms with Crippen LogP contribution in [-0.2, 0) is 0 Å². The standard InChI is InChI=1S/C18H15ClFN/c1-12(21-17-8-4-7-16(19)18(17)20)14-10-9-13-5-2-3-6-15(13)11-14/h2-12,21H,1H3. The molecular formula is C18H15ClFN. The van der Waals surface area contributed by atoms with Crippen LogP contribution in [0.25, 0.3) is 10.8 Å². The van der Waals surface area contributed by atoms with E-state index in [4.69, 9.17) is 11.6 Å². The number of halogens is 2. The topological polar surface area (TPSA) is 12.0 Å². The van der Waals surface area contributed by atoms with Crippen molar-refractivity contribution >= 4 is 28.1 Å². The van der Waals surface area contributed by atoms with Crippen LogP contribution >= 0.6 is 11.6 Å². The van der Waals surface area contributed by atoms with E-state index in [9.17, 15) is 4.39 Å². The lowest BCUT2D eigenvalue weighted by atomic mass is 10.0. The minimum absolute atomic E-state index is 0.0115. The van der Waals surface area contributed by atoms with Gasteiger partial charge in [-0.05, 0) is 41.5 Å². The van der Waals surface area contributed by atoms with Crippen LogP contribution in [0.1, 0.15) is 18.5 Å². The second-order valence-electron chi connectivity index (χ2n) is 5.07. The highest BCUT2D eigenvalue weighted by atomic mass is 35.5. The molecule has 0 saturated heterocycles. The summed E-state index contributed by atoms with van der Waals surface area (Å²) >= 11 is 5.81. The molecule has 0 radical (unpaired) electrons. The predicted octanol–water partition coefficient (Wildman–Crippen LogP) is 5.81. The van der Waals surface area contributed by atoms with Gasteiger partial charge in [-0.25, -0.2) is 4.39 Å². The molecule has 0 fully saturated rings. The number of fused-ring (bicyclic) bond motifs is 1. The van der Waals surface area contributed by atoms with E-state index in [0.717, 1.165) is 5.56 Å². The Hall–Kier alpha value is -2.06. The van der Waals surface area contributed by atoms with Crippen molar-refractivity contribution in [2.24, 2.45) is 0 Å². The summed E-state index contributed by atoms with van der Waals surface area (Å²) < 4.78 is 13.9.